The lowest BCUT2D eigenvalue weighted by Crippen LogP contribution is -2.51. The zero-order valence-electron chi connectivity index (χ0n) is 16.9. The number of para-hydroxylation sites is 1. The fourth-order valence-electron chi connectivity index (χ4n) is 4.88. The van der Waals surface area contributed by atoms with Crippen molar-refractivity contribution in [3.63, 3.8) is 0 Å². The molecule has 2 aromatic rings. The van der Waals surface area contributed by atoms with Crippen LogP contribution in [0.3, 0.4) is 0 Å². The van der Waals surface area contributed by atoms with Crippen molar-refractivity contribution in [3.8, 4) is 0 Å². The van der Waals surface area contributed by atoms with Gasteiger partial charge in [-0.2, -0.15) is 0 Å². The van der Waals surface area contributed by atoms with Crippen LogP contribution in [0.4, 0.5) is 14.6 Å². The number of nitrogens with one attached hydrogen (secondary N) is 1. The fraction of sp³-hybridized carbons (Fsp3) is 0.545. The molecule has 0 radical (unpaired) electrons. The lowest BCUT2D eigenvalue weighted by Gasteiger charge is -2.38. The van der Waals surface area contributed by atoms with Crippen LogP contribution in [0.25, 0.3) is 10.9 Å². The van der Waals surface area contributed by atoms with Gasteiger partial charge in [0.2, 0.25) is 5.91 Å². The number of alkyl halides is 2. The number of rotatable bonds is 3. The highest BCUT2D eigenvalue weighted by atomic mass is 19.3. The van der Waals surface area contributed by atoms with E-state index in [1.807, 2.05) is 18.2 Å². The van der Waals surface area contributed by atoms with Crippen molar-refractivity contribution in [1.29, 1.82) is 0 Å². The largest absolute Gasteiger partial charge is 0.354 e. The fourth-order valence-corrected chi connectivity index (χ4v) is 4.88. The number of likely N-dealkylation sites (tertiary alicyclic amines) is 1. The van der Waals surface area contributed by atoms with Crippen molar-refractivity contribution >= 4 is 22.6 Å². The van der Waals surface area contributed by atoms with Crippen LogP contribution in [-0.4, -0.2) is 84.5 Å². The summed E-state index contributed by atoms with van der Waals surface area (Å²) in [6.07, 6.45) is 0.467. The van der Waals surface area contributed by atoms with Crippen LogP contribution < -0.4 is 10.2 Å². The van der Waals surface area contributed by atoms with Crippen molar-refractivity contribution < 1.29 is 13.6 Å². The third-order valence-electron chi connectivity index (χ3n) is 6.63. The van der Waals surface area contributed by atoms with Gasteiger partial charge in [-0.3, -0.25) is 9.69 Å². The number of piperazine rings is 1. The van der Waals surface area contributed by atoms with Gasteiger partial charge in [-0.1, -0.05) is 18.2 Å². The molecule has 1 amide bonds. The van der Waals surface area contributed by atoms with Crippen molar-refractivity contribution in [1.82, 2.24) is 20.1 Å². The maximum absolute atomic E-state index is 13.4. The number of halogens is 2. The third-order valence-corrected chi connectivity index (χ3v) is 6.63. The van der Waals surface area contributed by atoms with E-state index in [2.05, 4.69) is 33.3 Å². The lowest BCUT2D eigenvalue weighted by molar-refractivity contribution is -0.133. The number of aromatic nitrogens is 1. The Morgan fingerprint density at radius 3 is 2.63 bits per heavy atom. The number of fused-ring (bicyclic) bond motifs is 1. The highest BCUT2D eigenvalue weighted by molar-refractivity contribution is 5.83. The summed E-state index contributed by atoms with van der Waals surface area (Å²) in [4.78, 5) is 23.4. The summed E-state index contributed by atoms with van der Waals surface area (Å²) >= 11 is 0. The van der Waals surface area contributed by atoms with E-state index in [1.54, 1.807) is 0 Å². The van der Waals surface area contributed by atoms with Crippen LogP contribution in [0, 0.1) is 0 Å². The molecule has 6 nitrogen and oxygen atoms in total. The first-order valence-corrected chi connectivity index (χ1v) is 10.7. The predicted molar refractivity (Wildman–Crippen MR) is 112 cm³/mol. The normalized spacial score (nSPS) is 27.1. The Balaban J connectivity index is 1.16. The molecule has 0 spiro atoms. The van der Waals surface area contributed by atoms with E-state index < -0.39 is 12.5 Å². The van der Waals surface area contributed by atoms with Crippen LogP contribution >= 0.6 is 0 Å². The molecular formula is C22H27F2N5O. The van der Waals surface area contributed by atoms with Crippen molar-refractivity contribution in [2.45, 2.75) is 30.8 Å². The second-order valence-electron chi connectivity index (χ2n) is 8.60. The molecule has 4 heterocycles. The molecule has 0 bridgehead atoms. The molecular weight excluding hydrogens is 388 g/mol. The SMILES string of the molecule is O=C([C@@H]1C[C@H](N2CCN(c3ccc4ccccc4n3)CC2)CN1)N1CCC(F)(F)C1. The van der Waals surface area contributed by atoms with E-state index in [4.69, 9.17) is 4.98 Å². The van der Waals surface area contributed by atoms with Gasteiger partial charge in [-0.25, -0.2) is 13.8 Å². The minimum atomic E-state index is -2.74. The molecule has 0 aliphatic carbocycles. The van der Waals surface area contributed by atoms with E-state index in [-0.39, 0.29) is 31.0 Å². The second-order valence-corrected chi connectivity index (χ2v) is 8.60. The molecule has 1 aromatic heterocycles. The van der Waals surface area contributed by atoms with E-state index >= 15 is 0 Å². The van der Waals surface area contributed by atoms with Crippen LogP contribution in [0.5, 0.6) is 0 Å². The molecule has 0 saturated carbocycles. The minimum Gasteiger partial charge on any atom is -0.354 e. The van der Waals surface area contributed by atoms with Crippen molar-refractivity contribution in [2.24, 2.45) is 0 Å². The predicted octanol–water partition coefficient (Wildman–Crippen LogP) is 1.95. The number of benzene rings is 1. The maximum Gasteiger partial charge on any atom is 0.267 e. The van der Waals surface area contributed by atoms with Gasteiger partial charge < -0.3 is 15.1 Å². The number of pyridine rings is 1. The Morgan fingerprint density at radius 2 is 1.87 bits per heavy atom. The zero-order chi connectivity index (χ0) is 20.7. The molecule has 3 saturated heterocycles. The first-order valence-electron chi connectivity index (χ1n) is 10.7. The molecule has 5 rings (SSSR count). The van der Waals surface area contributed by atoms with E-state index in [0.29, 0.717) is 6.42 Å². The first-order chi connectivity index (χ1) is 14.5. The van der Waals surface area contributed by atoms with Crippen LogP contribution in [0.15, 0.2) is 36.4 Å². The summed E-state index contributed by atoms with van der Waals surface area (Å²) in [6.45, 7) is 4.04. The first kappa shape index (κ1) is 19.6. The highest BCUT2D eigenvalue weighted by Crippen LogP contribution is 2.28. The Kier molecular flexibility index (Phi) is 5.06. The number of carbonyl (C=O) groups excluding carboxylic acids is 1. The van der Waals surface area contributed by atoms with Crippen molar-refractivity contribution in [2.75, 3.05) is 50.7 Å². The Hall–Kier alpha value is -2.32. The molecule has 30 heavy (non-hydrogen) atoms. The average molecular weight is 415 g/mol. The number of amides is 1. The molecule has 8 heteroatoms. The number of nitrogens with zero attached hydrogens (tertiary/aromatic N) is 4. The number of hydrogen-bond donors (Lipinski definition) is 1. The summed E-state index contributed by atoms with van der Waals surface area (Å²) in [5.41, 5.74) is 1.01. The summed E-state index contributed by atoms with van der Waals surface area (Å²) in [6, 6.07) is 12.2. The summed E-state index contributed by atoms with van der Waals surface area (Å²) < 4.78 is 26.9. The van der Waals surface area contributed by atoms with Gasteiger partial charge in [0.05, 0.1) is 18.1 Å². The smallest absolute Gasteiger partial charge is 0.267 e. The van der Waals surface area contributed by atoms with E-state index in [9.17, 15) is 13.6 Å². The van der Waals surface area contributed by atoms with Gasteiger partial charge in [0, 0.05) is 57.1 Å². The number of anilines is 1. The average Bonchev–Trinajstić information content (AvgIpc) is 3.40. The Labute approximate surface area is 174 Å². The number of carbonyl (C=O) groups is 1. The monoisotopic (exact) mass is 415 g/mol. The number of hydrogen-bond acceptors (Lipinski definition) is 5. The third kappa shape index (κ3) is 3.86. The summed E-state index contributed by atoms with van der Waals surface area (Å²) in [5.74, 6) is -1.91. The van der Waals surface area contributed by atoms with Crippen molar-refractivity contribution in [3.05, 3.63) is 36.4 Å². The molecule has 1 N–H and O–H groups in total. The van der Waals surface area contributed by atoms with Gasteiger partial charge in [-0.05, 0) is 24.6 Å². The van der Waals surface area contributed by atoms with E-state index in [1.165, 1.54) is 4.90 Å². The standard InChI is InChI=1S/C22H27F2N5O/c23-22(24)7-8-29(15-22)21(30)19-13-17(14-25-19)27-9-11-28(12-10-27)20-6-5-16-3-1-2-4-18(16)26-20/h1-6,17,19,25H,7-15H2/t17-,19-/m0/s1. The van der Waals surface area contributed by atoms with E-state index in [0.717, 1.165) is 49.4 Å². The van der Waals surface area contributed by atoms with Gasteiger partial charge in [-0.15, -0.1) is 0 Å². The maximum atomic E-state index is 13.4. The minimum absolute atomic E-state index is 0.159. The van der Waals surface area contributed by atoms with Gasteiger partial charge in [0.15, 0.2) is 0 Å². The Bertz CT molecular complexity index is 931. The topological polar surface area (TPSA) is 51.7 Å². The zero-order valence-corrected chi connectivity index (χ0v) is 16.9. The summed E-state index contributed by atoms with van der Waals surface area (Å²) in [7, 11) is 0. The molecule has 0 unspecified atom stereocenters. The summed E-state index contributed by atoms with van der Waals surface area (Å²) in [5, 5.41) is 4.41. The molecule has 1 aromatic carbocycles. The quantitative estimate of drug-likeness (QED) is 0.831. The van der Waals surface area contributed by atoms with Gasteiger partial charge in [0.1, 0.15) is 5.82 Å². The van der Waals surface area contributed by atoms with Gasteiger partial charge in [0.25, 0.3) is 5.92 Å². The van der Waals surface area contributed by atoms with Crippen LogP contribution in [-0.2, 0) is 4.79 Å². The molecule has 3 aliphatic heterocycles. The molecule has 3 aliphatic rings. The molecule has 160 valence electrons. The Morgan fingerprint density at radius 1 is 1.07 bits per heavy atom. The molecule has 3 fully saturated rings. The van der Waals surface area contributed by atoms with Crippen LogP contribution in [0.2, 0.25) is 0 Å². The molecule has 2 atom stereocenters. The highest BCUT2D eigenvalue weighted by Gasteiger charge is 2.43. The van der Waals surface area contributed by atoms with Gasteiger partial charge >= 0.3 is 0 Å². The second kappa shape index (κ2) is 7.74. The lowest BCUT2D eigenvalue weighted by atomic mass is 10.1. The van der Waals surface area contributed by atoms with Crippen LogP contribution in [0.1, 0.15) is 12.8 Å².